The highest BCUT2D eigenvalue weighted by Crippen LogP contribution is 2.41. The lowest BCUT2D eigenvalue weighted by atomic mass is 10.0. The summed E-state index contributed by atoms with van der Waals surface area (Å²) in [5.74, 6) is -2.63. The van der Waals surface area contributed by atoms with Crippen molar-refractivity contribution in [3.63, 3.8) is 0 Å². The lowest BCUT2D eigenvalue weighted by Crippen LogP contribution is -2.71. The zero-order valence-corrected chi connectivity index (χ0v) is 23.2. The number of thioether (sulfide) groups is 1. The van der Waals surface area contributed by atoms with Gasteiger partial charge in [-0.05, 0) is 18.6 Å². The number of nitrogens with one attached hydrogen (secondary N) is 1. The van der Waals surface area contributed by atoms with E-state index < -0.39 is 47.6 Å². The third kappa shape index (κ3) is 7.55. The number of hydrogen-bond donors (Lipinski definition) is 2. The molecule has 0 saturated carbocycles. The van der Waals surface area contributed by atoms with E-state index in [1.807, 2.05) is 6.92 Å². The van der Waals surface area contributed by atoms with Crippen LogP contribution in [-0.2, 0) is 38.2 Å². The number of oxime groups is 1. The monoisotopic (exact) mass is 580 g/mol. The van der Waals surface area contributed by atoms with Crippen LogP contribution in [0, 0.1) is 0 Å². The fourth-order valence-corrected chi connectivity index (χ4v) is 5.42. The number of carbonyl (C=O) groups excluding carboxylic acids is 5. The Morgan fingerprint density at radius 3 is 2.65 bits per heavy atom. The minimum Gasteiger partial charge on any atom is -0.462 e. The minimum atomic E-state index is -1.17. The van der Waals surface area contributed by atoms with Crippen LogP contribution in [0.1, 0.15) is 51.7 Å². The van der Waals surface area contributed by atoms with Crippen LogP contribution in [0.4, 0.5) is 4.79 Å². The van der Waals surface area contributed by atoms with Gasteiger partial charge in [-0.2, -0.15) is 0 Å². The largest absolute Gasteiger partial charge is 0.462 e. The Bertz CT molecular complexity index is 1170. The van der Waals surface area contributed by atoms with Gasteiger partial charge in [-0.25, -0.2) is 9.59 Å². The van der Waals surface area contributed by atoms with E-state index in [1.54, 1.807) is 6.07 Å². The van der Waals surface area contributed by atoms with Crippen molar-refractivity contribution in [3.8, 4) is 0 Å². The van der Waals surface area contributed by atoms with E-state index in [-0.39, 0.29) is 41.5 Å². The maximum absolute atomic E-state index is 13.4. The molecule has 0 radical (unpaired) electrons. The summed E-state index contributed by atoms with van der Waals surface area (Å²) in [6, 6.07) is 2.05. The Labute approximate surface area is 234 Å². The number of esters is 2. The number of nitrogens with zero attached hydrogens (tertiary/aromatic N) is 2. The third-order valence-corrected chi connectivity index (χ3v) is 7.24. The summed E-state index contributed by atoms with van der Waals surface area (Å²) >= 11 is 1.23. The van der Waals surface area contributed by atoms with Gasteiger partial charge in [0.1, 0.15) is 30.8 Å². The SMILES string of the molecule is CCCCCCC(OC(C)=O)OC(=O)C1=C(COC(N)=O)CS[C@@H]2[C@H](NC(=O)/C(=N\OC)c3ccco3)C(=O)N12. The Hall–Kier alpha value is -4.01. The number of furan rings is 1. The van der Waals surface area contributed by atoms with Crippen LogP contribution in [-0.4, -0.2) is 77.6 Å². The molecular weight excluding hydrogens is 548 g/mol. The van der Waals surface area contributed by atoms with E-state index in [0.29, 0.717) is 6.42 Å². The molecule has 0 aliphatic carbocycles. The predicted octanol–water partition coefficient (Wildman–Crippen LogP) is 1.78. The molecule has 1 saturated heterocycles. The number of unbranched alkanes of at least 4 members (excludes halogenated alkanes) is 3. The number of ether oxygens (including phenoxy) is 3. The van der Waals surface area contributed by atoms with Gasteiger partial charge in [0, 0.05) is 24.7 Å². The first-order valence-electron chi connectivity index (χ1n) is 12.6. The van der Waals surface area contributed by atoms with Crippen molar-refractivity contribution in [1.82, 2.24) is 10.2 Å². The summed E-state index contributed by atoms with van der Waals surface area (Å²) in [7, 11) is 1.26. The van der Waals surface area contributed by atoms with E-state index in [2.05, 4.69) is 10.5 Å². The molecule has 14 nitrogen and oxygen atoms in total. The molecule has 2 aliphatic rings. The third-order valence-electron chi connectivity index (χ3n) is 5.90. The van der Waals surface area contributed by atoms with E-state index in [0.717, 1.165) is 24.2 Å². The molecule has 3 N–H and O–H groups in total. The first-order chi connectivity index (χ1) is 19.2. The van der Waals surface area contributed by atoms with Gasteiger partial charge in [0.2, 0.25) is 12.0 Å². The molecule has 1 fully saturated rings. The highest BCUT2D eigenvalue weighted by Gasteiger charge is 2.55. The van der Waals surface area contributed by atoms with Gasteiger partial charge in [-0.1, -0.05) is 31.3 Å². The maximum Gasteiger partial charge on any atom is 0.404 e. The van der Waals surface area contributed by atoms with E-state index in [9.17, 15) is 24.0 Å². The van der Waals surface area contributed by atoms with Gasteiger partial charge in [-0.3, -0.25) is 19.3 Å². The Balaban J connectivity index is 1.80. The summed E-state index contributed by atoms with van der Waals surface area (Å²) in [4.78, 5) is 68.3. The molecule has 0 bridgehead atoms. The summed E-state index contributed by atoms with van der Waals surface area (Å²) in [6.07, 6.45) is 2.83. The van der Waals surface area contributed by atoms with Crippen LogP contribution in [0.2, 0.25) is 0 Å². The average Bonchev–Trinajstić information content (AvgIpc) is 3.45. The van der Waals surface area contributed by atoms with Gasteiger partial charge in [-0.15, -0.1) is 11.8 Å². The number of hydrogen-bond acceptors (Lipinski definition) is 12. The second kappa shape index (κ2) is 14.4. The molecule has 3 atom stereocenters. The summed E-state index contributed by atoms with van der Waals surface area (Å²) in [6.45, 7) is 2.88. The first kappa shape index (κ1) is 30.5. The van der Waals surface area contributed by atoms with Crippen LogP contribution < -0.4 is 11.1 Å². The lowest BCUT2D eigenvalue weighted by Gasteiger charge is -2.49. The standard InChI is InChI=1S/C25H32N4O10S/c1-4-5-6-7-10-17(38-14(2)30)39-24(33)20-15(12-37-25(26)34)13-40-23-19(22(32)29(20)23)27-21(31)18(28-35-3)16-9-8-11-36-16/h8-9,11,17,19,23H,4-7,10,12-13H2,1-3H3,(H2,26,34)(H,27,31)/b28-18-/t17?,19-,23-/m1/s1. The van der Waals surface area contributed by atoms with Crippen LogP contribution in [0.3, 0.4) is 0 Å². The second-order valence-corrected chi connectivity index (χ2v) is 9.92. The van der Waals surface area contributed by atoms with Gasteiger partial charge in [0.25, 0.3) is 11.8 Å². The first-order valence-corrected chi connectivity index (χ1v) is 13.7. The average molecular weight is 581 g/mol. The van der Waals surface area contributed by atoms with Crippen LogP contribution in [0.25, 0.3) is 0 Å². The fourth-order valence-electron chi connectivity index (χ4n) is 4.09. The zero-order chi connectivity index (χ0) is 29.2. The van der Waals surface area contributed by atoms with Gasteiger partial charge < -0.3 is 34.5 Å². The van der Waals surface area contributed by atoms with Crippen molar-refractivity contribution in [2.75, 3.05) is 19.5 Å². The van der Waals surface area contributed by atoms with Crippen molar-refractivity contribution in [1.29, 1.82) is 0 Å². The van der Waals surface area contributed by atoms with Crippen LogP contribution in [0.5, 0.6) is 0 Å². The Kier molecular flexibility index (Phi) is 11.0. The number of nitrogens with two attached hydrogens (primary N) is 1. The number of carbonyl (C=O) groups is 5. The number of β-lactam (4-membered cyclic amide) rings is 1. The molecule has 0 spiro atoms. The molecule has 15 heteroatoms. The Morgan fingerprint density at radius 2 is 2.02 bits per heavy atom. The van der Waals surface area contributed by atoms with Crippen LogP contribution in [0.15, 0.2) is 39.2 Å². The molecule has 3 amide bonds. The molecular formula is C25H32N4O10S. The van der Waals surface area contributed by atoms with Crippen molar-refractivity contribution in [2.24, 2.45) is 10.9 Å². The van der Waals surface area contributed by atoms with Gasteiger partial charge >= 0.3 is 18.0 Å². The molecule has 1 unspecified atom stereocenters. The van der Waals surface area contributed by atoms with Crippen molar-refractivity contribution in [3.05, 3.63) is 35.4 Å². The molecule has 40 heavy (non-hydrogen) atoms. The molecule has 3 rings (SSSR count). The normalized spacial score (nSPS) is 19.2. The zero-order valence-electron chi connectivity index (χ0n) is 22.4. The molecule has 1 aromatic heterocycles. The summed E-state index contributed by atoms with van der Waals surface area (Å²) in [5, 5.41) is 5.60. The van der Waals surface area contributed by atoms with Crippen LogP contribution >= 0.6 is 11.8 Å². The van der Waals surface area contributed by atoms with Gasteiger partial charge in [0.05, 0.1) is 6.26 Å². The molecule has 0 aromatic carbocycles. The highest BCUT2D eigenvalue weighted by atomic mass is 32.2. The predicted molar refractivity (Wildman–Crippen MR) is 140 cm³/mol. The topological polar surface area (TPSA) is 189 Å². The second-order valence-electron chi connectivity index (χ2n) is 8.81. The lowest BCUT2D eigenvalue weighted by molar-refractivity contribution is -0.187. The molecule has 1 aromatic rings. The molecule has 2 aliphatic heterocycles. The van der Waals surface area contributed by atoms with E-state index >= 15 is 0 Å². The van der Waals surface area contributed by atoms with Crippen molar-refractivity contribution < 1.29 is 47.4 Å². The number of primary amides is 1. The van der Waals surface area contributed by atoms with Crippen molar-refractivity contribution >= 4 is 47.3 Å². The quantitative estimate of drug-likeness (QED) is 0.0815. The minimum absolute atomic E-state index is 0.129. The van der Waals surface area contributed by atoms with Gasteiger partial charge in [0.15, 0.2) is 5.76 Å². The fraction of sp³-hybridized carbons (Fsp3) is 0.520. The number of fused-ring (bicyclic) bond motifs is 1. The van der Waals surface area contributed by atoms with Crippen molar-refractivity contribution in [2.45, 2.75) is 63.7 Å². The molecule has 3 heterocycles. The Morgan fingerprint density at radius 1 is 1.25 bits per heavy atom. The number of rotatable bonds is 14. The van der Waals surface area contributed by atoms with E-state index in [1.165, 1.54) is 38.1 Å². The number of amides is 3. The summed E-state index contributed by atoms with van der Waals surface area (Å²) in [5.41, 5.74) is 5.02. The maximum atomic E-state index is 13.4. The smallest absolute Gasteiger partial charge is 0.404 e. The molecule has 218 valence electrons. The van der Waals surface area contributed by atoms with E-state index in [4.69, 9.17) is 29.2 Å². The highest BCUT2D eigenvalue weighted by molar-refractivity contribution is 8.00. The summed E-state index contributed by atoms with van der Waals surface area (Å²) < 4.78 is 20.8.